The maximum Gasteiger partial charge on any atom is 0.243 e. The van der Waals surface area contributed by atoms with Crippen LogP contribution in [-0.4, -0.2) is 32.7 Å². The van der Waals surface area contributed by atoms with E-state index < -0.39 is 10.0 Å². The van der Waals surface area contributed by atoms with Crippen molar-refractivity contribution in [1.82, 2.24) is 4.31 Å². The van der Waals surface area contributed by atoms with Crippen LogP contribution in [-0.2, 0) is 16.6 Å². The van der Waals surface area contributed by atoms with Crippen molar-refractivity contribution < 1.29 is 17.9 Å². The Labute approximate surface area is 136 Å². The molecule has 0 aliphatic carbocycles. The Morgan fingerprint density at radius 2 is 1.78 bits per heavy atom. The van der Waals surface area contributed by atoms with E-state index in [1.54, 1.807) is 19.2 Å². The summed E-state index contributed by atoms with van der Waals surface area (Å²) in [7, 11) is -0.531. The lowest BCUT2D eigenvalue weighted by Gasteiger charge is -2.17. The Hall–Kier alpha value is -2.18. The number of hydrogen-bond donors (Lipinski definition) is 0. The molecule has 2 aromatic rings. The van der Waals surface area contributed by atoms with Crippen LogP contribution in [0.5, 0.6) is 5.75 Å². The normalized spacial score (nSPS) is 11.5. The number of ether oxygens (including phenoxy) is 1. The van der Waals surface area contributed by atoms with Crippen molar-refractivity contribution in [3.63, 3.8) is 0 Å². The maximum atomic E-state index is 12.6. The lowest BCUT2D eigenvalue weighted by molar-refractivity contribution is 0.101. The highest BCUT2D eigenvalue weighted by atomic mass is 32.2. The van der Waals surface area contributed by atoms with Crippen molar-refractivity contribution in [3.05, 3.63) is 59.7 Å². The molecule has 5 nitrogen and oxygen atoms in total. The fraction of sp³-hybridized carbons (Fsp3) is 0.235. The topological polar surface area (TPSA) is 63.7 Å². The molecule has 6 heteroatoms. The molecule has 0 aliphatic rings. The third-order valence-corrected chi connectivity index (χ3v) is 5.33. The number of carbonyl (C=O) groups excluding carboxylic acids is 1. The molecule has 23 heavy (non-hydrogen) atoms. The summed E-state index contributed by atoms with van der Waals surface area (Å²) in [6.45, 7) is 1.67. The zero-order valence-electron chi connectivity index (χ0n) is 13.3. The van der Waals surface area contributed by atoms with E-state index in [1.807, 2.05) is 12.1 Å². The molecular formula is C17H19NO4S. The van der Waals surface area contributed by atoms with Crippen LogP contribution in [0.25, 0.3) is 0 Å². The van der Waals surface area contributed by atoms with Gasteiger partial charge in [-0.2, -0.15) is 4.31 Å². The number of rotatable bonds is 6. The summed E-state index contributed by atoms with van der Waals surface area (Å²) in [5.74, 6) is 0.581. The molecule has 0 heterocycles. The Balaban J connectivity index is 2.22. The van der Waals surface area contributed by atoms with Gasteiger partial charge in [0.25, 0.3) is 0 Å². The second kappa shape index (κ2) is 6.93. The van der Waals surface area contributed by atoms with Gasteiger partial charge in [-0.15, -0.1) is 0 Å². The zero-order valence-corrected chi connectivity index (χ0v) is 14.1. The molecule has 0 aliphatic heterocycles. The number of benzene rings is 2. The highest BCUT2D eigenvalue weighted by Gasteiger charge is 2.21. The lowest BCUT2D eigenvalue weighted by atomic mass is 10.2. The van der Waals surface area contributed by atoms with E-state index in [-0.39, 0.29) is 17.2 Å². The molecule has 0 atom stereocenters. The smallest absolute Gasteiger partial charge is 0.243 e. The first-order valence-corrected chi connectivity index (χ1v) is 8.49. The van der Waals surface area contributed by atoms with Gasteiger partial charge in [0.05, 0.1) is 12.0 Å². The van der Waals surface area contributed by atoms with Crippen molar-refractivity contribution in [2.45, 2.75) is 18.4 Å². The first-order chi connectivity index (χ1) is 10.8. The van der Waals surface area contributed by atoms with Crippen LogP contribution in [0.1, 0.15) is 22.8 Å². The highest BCUT2D eigenvalue weighted by Crippen LogP contribution is 2.19. The summed E-state index contributed by atoms with van der Waals surface area (Å²) in [6, 6.07) is 13.2. The molecule has 0 unspecified atom stereocenters. The number of hydrogen-bond acceptors (Lipinski definition) is 4. The number of nitrogens with zero attached hydrogens (tertiary/aromatic N) is 1. The van der Waals surface area contributed by atoms with Crippen molar-refractivity contribution in [3.8, 4) is 5.75 Å². The van der Waals surface area contributed by atoms with Crippen LogP contribution in [0.2, 0.25) is 0 Å². The van der Waals surface area contributed by atoms with E-state index in [9.17, 15) is 13.2 Å². The van der Waals surface area contributed by atoms with E-state index in [0.29, 0.717) is 11.3 Å². The van der Waals surface area contributed by atoms with Gasteiger partial charge in [0.15, 0.2) is 5.78 Å². The van der Waals surface area contributed by atoms with Gasteiger partial charge in [-0.3, -0.25) is 4.79 Å². The summed E-state index contributed by atoms with van der Waals surface area (Å²) in [5, 5.41) is 0. The van der Waals surface area contributed by atoms with Gasteiger partial charge < -0.3 is 4.74 Å². The van der Waals surface area contributed by atoms with Gasteiger partial charge in [-0.1, -0.05) is 24.3 Å². The number of Topliss-reactive ketones (excluding diaryl/α,β-unsaturated/α-hetero) is 1. The van der Waals surface area contributed by atoms with Crippen LogP contribution in [0.3, 0.4) is 0 Å². The summed E-state index contributed by atoms with van der Waals surface area (Å²) in [6.07, 6.45) is 0. The SMILES string of the molecule is COc1cccc(CN(C)S(=O)(=O)c2ccc(C(C)=O)cc2)c1. The largest absolute Gasteiger partial charge is 0.497 e. The van der Waals surface area contributed by atoms with Gasteiger partial charge in [0, 0.05) is 19.2 Å². The lowest BCUT2D eigenvalue weighted by Crippen LogP contribution is -2.26. The van der Waals surface area contributed by atoms with Crippen molar-refractivity contribution in [2.75, 3.05) is 14.2 Å². The molecule has 2 rings (SSSR count). The molecule has 0 aromatic heterocycles. The average molecular weight is 333 g/mol. The molecule has 122 valence electrons. The number of sulfonamides is 1. The Morgan fingerprint density at radius 3 is 2.35 bits per heavy atom. The standard InChI is InChI=1S/C17H19NO4S/c1-13(19)15-7-9-17(10-8-15)23(20,21)18(2)12-14-5-4-6-16(11-14)22-3/h4-11H,12H2,1-3H3. The minimum atomic E-state index is -3.62. The van der Waals surface area contributed by atoms with Crippen LogP contribution >= 0.6 is 0 Å². The van der Waals surface area contributed by atoms with Crippen LogP contribution in [0.15, 0.2) is 53.4 Å². The summed E-state index contributed by atoms with van der Waals surface area (Å²) >= 11 is 0. The molecule has 0 bridgehead atoms. The van der Waals surface area contributed by atoms with Crippen LogP contribution in [0.4, 0.5) is 0 Å². The molecule has 0 radical (unpaired) electrons. The van der Waals surface area contributed by atoms with Gasteiger partial charge in [0.1, 0.15) is 5.75 Å². The number of ketones is 1. The molecule has 0 amide bonds. The van der Waals surface area contributed by atoms with Gasteiger partial charge in [-0.25, -0.2) is 8.42 Å². The molecule has 0 saturated carbocycles. The molecular weight excluding hydrogens is 314 g/mol. The van der Waals surface area contributed by atoms with E-state index in [2.05, 4.69) is 0 Å². The van der Waals surface area contributed by atoms with Crippen molar-refractivity contribution in [2.24, 2.45) is 0 Å². The van der Waals surface area contributed by atoms with E-state index >= 15 is 0 Å². The van der Waals surface area contributed by atoms with Crippen LogP contribution in [0, 0.1) is 0 Å². The van der Waals surface area contributed by atoms with Crippen molar-refractivity contribution >= 4 is 15.8 Å². The Kier molecular flexibility index (Phi) is 5.18. The minimum absolute atomic E-state index is 0.0984. The third-order valence-electron chi connectivity index (χ3n) is 3.51. The fourth-order valence-corrected chi connectivity index (χ4v) is 3.31. The molecule has 0 saturated heterocycles. The van der Waals surface area contributed by atoms with E-state index in [0.717, 1.165) is 5.56 Å². The number of carbonyl (C=O) groups is 1. The summed E-state index contributed by atoms with van der Waals surface area (Å²) in [5.41, 5.74) is 1.31. The van der Waals surface area contributed by atoms with Crippen molar-refractivity contribution in [1.29, 1.82) is 0 Å². The zero-order chi connectivity index (χ0) is 17.0. The predicted molar refractivity (Wildman–Crippen MR) is 88.1 cm³/mol. The second-order valence-electron chi connectivity index (χ2n) is 5.19. The maximum absolute atomic E-state index is 12.6. The summed E-state index contributed by atoms with van der Waals surface area (Å²) < 4.78 is 31.6. The highest BCUT2D eigenvalue weighted by molar-refractivity contribution is 7.89. The average Bonchev–Trinajstić information content (AvgIpc) is 2.55. The second-order valence-corrected chi connectivity index (χ2v) is 7.24. The monoisotopic (exact) mass is 333 g/mol. The molecule has 0 spiro atoms. The van der Waals surface area contributed by atoms with E-state index in [4.69, 9.17) is 4.74 Å². The van der Waals surface area contributed by atoms with Gasteiger partial charge >= 0.3 is 0 Å². The van der Waals surface area contributed by atoms with E-state index in [1.165, 1.54) is 42.5 Å². The Bertz CT molecular complexity index is 798. The third kappa shape index (κ3) is 3.97. The molecule has 0 N–H and O–H groups in total. The van der Waals surface area contributed by atoms with Gasteiger partial charge in [0.2, 0.25) is 10.0 Å². The van der Waals surface area contributed by atoms with Crippen LogP contribution < -0.4 is 4.74 Å². The molecule has 0 fully saturated rings. The molecule has 2 aromatic carbocycles. The number of methoxy groups -OCH3 is 1. The Morgan fingerprint density at radius 1 is 1.13 bits per heavy atom. The summed E-state index contributed by atoms with van der Waals surface area (Å²) in [4.78, 5) is 11.4. The van der Waals surface area contributed by atoms with Gasteiger partial charge in [-0.05, 0) is 36.8 Å². The first-order valence-electron chi connectivity index (χ1n) is 7.05. The fourth-order valence-electron chi connectivity index (χ4n) is 2.15. The predicted octanol–water partition coefficient (Wildman–Crippen LogP) is 2.72. The minimum Gasteiger partial charge on any atom is -0.497 e. The first kappa shape index (κ1) is 17.2. The quantitative estimate of drug-likeness (QED) is 0.763.